The number of nitrogens with zero attached hydrogens (tertiary/aromatic N) is 4. The predicted octanol–water partition coefficient (Wildman–Crippen LogP) is 4.55. The van der Waals surface area contributed by atoms with Crippen LogP contribution in [-0.2, 0) is 11.0 Å². The minimum atomic E-state index is -4.49. The molecule has 0 aliphatic rings. The average Bonchev–Trinajstić information content (AvgIpc) is 3.19. The molecule has 164 valence electrons. The molecule has 1 amide bonds. The second kappa shape index (κ2) is 8.87. The number of carbonyl (C=O) groups is 1. The fraction of sp³-hybridized carbons (Fsp3) is 0.143. The van der Waals surface area contributed by atoms with Gasteiger partial charge < -0.3 is 10.1 Å². The Bertz CT molecular complexity index is 1280. The van der Waals surface area contributed by atoms with E-state index in [0.29, 0.717) is 22.2 Å². The Morgan fingerprint density at radius 2 is 1.91 bits per heavy atom. The van der Waals surface area contributed by atoms with Crippen molar-refractivity contribution < 1.29 is 22.7 Å². The van der Waals surface area contributed by atoms with Crippen molar-refractivity contribution in [2.24, 2.45) is 0 Å². The number of fused-ring (bicyclic) bond motifs is 1. The molecule has 0 spiro atoms. The number of alkyl halides is 3. The fourth-order valence-electron chi connectivity index (χ4n) is 2.96. The van der Waals surface area contributed by atoms with Gasteiger partial charge in [-0.3, -0.25) is 4.79 Å². The van der Waals surface area contributed by atoms with Crippen molar-refractivity contribution in [3.63, 3.8) is 0 Å². The number of carbonyl (C=O) groups excluding carboxylic acids is 1. The van der Waals surface area contributed by atoms with Crippen LogP contribution in [0.3, 0.4) is 0 Å². The van der Waals surface area contributed by atoms with Crippen molar-refractivity contribution in [3.8, 4) is 17.0 Å². The van der Waals surface area contributed by atoms with Crippen LogP contribution in [0.15, 0.2) is 65.8 Å². The van der Waals surface area contributed by atoms with Crippen molar-refractivity contribution in [2.75, 3.05) is 18.2 Å². The topological polar surface area (TPSA) is 81.4 Å². The molecule has 0 aliphatic heterocycles. The van der Waals surface area contributed by atoms with Crippen molar-refractivity contribution in [1.82, 2.24) is 19.8 Å². The van der Waals surface area contributed by atoms with Gasteiger partial charge in [0.05, 0.1) is 24.1 Å². The van der Waals surface area contributed by atoms with Crippen LogP contribution >= 0.6 is 11.8 Å². The summed E-state index contributed by atoms with van der Waals surface area (Å²) in [5.41, 5.74) is 1.13. The SMILES string of the molecule is COc1ccccc1-c1ccc2nnc(SCC(=O)Nc3cccc(C(F)(F)F)c3)n2n1. The first-order valence-electron chi connectivity index (χ1n) is 9.31. The van der Waals surface area contributed by atoms with E-state index in [1.165, 1.54) is 16.6 Å². The first kappa shape index (κ1) is 21.6. The molecular weight excluding hydrogens is 443 g/mol. The lowest BCUT2D eigenvalue weighted by molar-refractivity contribution is -0.137. The molecule has 0 saturated heterocycles. The number of anilines is 1. The third-order valence-corrected chi connectivity index (χ3v) is 5.34. The van der Waals surface area contributed by atoms with Gasteiger partial charge in [-0.25, -0.2) is 0 Å². The zero-order valence-corrected chi connectivity index (χ0v) is 17.4. The smallest absolute Gasteiger partial charge is 0.416 e. The van der Waals surface area contributed by atoms with Gasteiger partial charge in [0.1, 0.15) is 5.75 Å². The van der Waals surface area contributed by atoms with Gasteiger partial charge in [0, 0.05) is 11.3 Å². The number of rotatable bonds is 6. The quantitative estimate of drug-likeness (QED) is 0.426. The van der Waals surface area contributed by atoms with Crippen molar-refractivity contribution in [1.29, 1.82) is 0 Å². The molecule has 2 aromatic carbocycles. The van der Waals surface area contributed by atoms with Crippen LogP contribution in [-0.4, -0.2) is 38.6 Å². The molecular formula is C21H16F3N5O2S. The van der Waals surface area contributed by atoms with Gasteiger partial charge >= 0.3 is 6.18 Å². The second-order valence-corrected chi connectivity index (χ2v) is 7.53. The maximum Gasteiger partial charge on any atom is 0.416 e. The molecule has 0 atom stereocenters. The summed E-state index contributed by atoms with van der Waals surface area (Å²) in [6, 6.07) is 15.4. The second-order valence-electron chi connectivity index (χ2n) is 6.59. The van der Waals surface area contributed by atoms with Crippen LogP contribution in [0.1, 0.15) is 5.56 Å². The summed E-state index contributed by atoms with van der Waals surface area (Å²) in [5, 5.41) is 15.5. The molecule has 2 aromatic heterocycles. The monoisotopic (exact) mass is 459 g/mol. The highest BCUT2D eigenvalue weighted by atomic mass is 32.2. The van der Waals surface area contributed by atoms with E-state index in [2.05, 4.69) is 20.6 Å². The lowest BCUT2D eigenvalue weighted by Gasteiger charge is -2.09. The lowest BCUT2D eigenvalue weighted by Crippen LogP contribution is -2.15. The normalized spacial score (nSPS) is 11.5. The zero-order valence-electron chi connectivity index (χ0n) is 16.6. The third kappa shape index (κ3) is 4.67. The molecule has 32 heavy (non-hydrogen) atoms. The Kier molecular flexibility index (Phi) is 5.99. The molecule has 0 fully saturated rings. The van der Waals surface area contributed by atoms with Crippen LogP contribution < -0.4 is 10.1 Å². The van der Waals surface area contributed by atoms with E-state index in [4.69, 9.17) is 4.74 Å². The molecule has 0 radical (unpaired) electrons. The highest BCUT2D eigenvalue weighted by molar-refractivity contribution is 7.99. The van der Waals surface area contributed by atoms with Gasteiger partial charge in [0.15, 0.2) is 5.65 Å². The van der Waals surface area contributed by atoms with E-state index in [1.807, 2.05) is 24.3 Å². The lowest BCUT2D eigenvalue weighted by atomic mass is 10.1. The molecule has 11 heteroatoms. The standard InChI is InChI=1S/C21H16F3N5O2S/c1-31-17-8-3-2-7-15(17)16-9-10-18-26-27-20(29(18)28-16)32-12-19(30)25-14-6-4-5-13(11-14)21(22,23)24/h2-11H,12H2,1H3,(H,25,30). The highest BCUT2D eigenvalue weighted by Crippen LogP contribution is 2.31. The maximum atomic E-state index is 12.8. The number of methoxy groups -OCH3 is 1. The number of amides is 1. The number of hydrogen-bond acceptors (Lipinski definition) is 6. The third-order valence-electron chi connectivity index (χ3n) is 4.42. The number of ether oxygens (including phenoxy) is 1. The summed E-state index contributed by atoms with van der Waals surface area (Å²) >= 11 is 1.07. The molecule has 4 rings (SSSR count). The van der Waals surface area contributed by atoms with Crippen LogP contribution in [0, 0.1) is 0 Å². The van der Waals surface area contributed by atoms with E-state index in [0.717, 1.165) is 29.5 Å². The van der Waals surface area contributed by atoms with Gasteiger partial charge in [-0.15, -0.1) is 10.2 Å². The van der Waals surface area contributed by atoms with E-state index < -0.39 is 17.6 Å². The molecule has 0 saturated carbocycles. The van der Waals surface area contributed by atoms with E-state index in [-0.39, 0.29) is 11.4 Å². The molecule has 0 bridgehead atoms. The van der Waals surface area contributed by atoms with Crippen LogP contribution in [0.2, 0.25) is 0 Å². The van der Waals surface area contributed by atoms with Gasteiger partial charge in [-0.2, -0.15) is 22.8 Å². The van der Waals surface area contributed by atoms with Gasteiger partial charge in [-0.1, -0.05) is 30.0 Å². The molecule has 4 aromatic rings. The first-order chi connectivity index (χ1) is 15.3. The summed E-state index contributed by atoms with van der Waals surface area (Å²) < 4.78 is 45.4. The van der Waals surface area contributed by atoms with Crippen LogP contribution in [0.25, 0.3) is 16.9 Å². The number of hydrogen-bond donors (Lipinski definition) is 1. The maximum absolute atomic E-state index is 12.8. The van der Waals surface area contributed by atoms with Gasteiger partial charge in [0.2, 0.25) is 11.1 Å². The number of para-hydroxylation sites is 1. The largest absolute Gasteiger partial charge is 0.496 e. The van der Waals surface area contributed by atoms with Gasteiger partial charge in [-0.05, 0) is 42.5 Å². The fourth-order valence-corrected chi connectivity index (χ4v) is 3.65. The Hall–Kier alpha value is -3.60. The van der Waals surface area contributed by atoms with Gasteiger partial charge in [0.25, 0.3) is 0 Å². The number of aromatic nitrogens is 4. The van der Waals surface area contributed by atoms with E-state index in [1.54, 1.807) is 19.2 Å². The minimum absolute atomic E-state index is 0.0631. The summed E-state index contributed by atoms with van der Waals surface area (Å²) in [5.74, 6) is 0.0893. The number of benzene rings is 2. The van der Waals surface area contributed by atoms with E-state index in [9.17, 15) is 18.0 Å². The molecule has 0 unspecified atom stereocenters. The Morgan fingerprint density at radius 3 is 2.69 bits per heavy atom. The summed E-state index contributed by atoms with van der Waals surface area (Å²) in [6.45, 7) is 0. The summed E-state index contributed by atoms with van der Waals surface area (Å²) in [6.07, 6.45) is -4.49. The van der Waals surface area contributed by atoms with Crippen LogP contribution in [0.5, 0.6) is 5.75 Å². The Balaban J connectivity index is 1.49. The molecule has 7 nitrogen and oxygen atoms in total. The van der Waals surface area contributed by atoms with Crippen molar-refractivity contribution >= 4 is 29.0 Å². The van der Waals surface area contributed by atoms with E-state index >= 15 is 0 Å². The Morgan fingerprint density at radius 1 is 1.09 bits per heavy atom. The number of nitrogens with one attached hydrogen (secondary N) is 1. The minimum Gasteiger partial charge on any atom is -0.496 e. The summed E-state index contributed by atoms with van der Waals surface area (Å²) in [4.78, 5) is 12.3. The summed E-state index contributed by atoms with van der Waals surface area (Å²) in [7, 11) is 1.57. The number of halogens is 3. The Labute approximate surface area is 184 Å². The number of thioether (sulfide) groups is 1. The average molecular weight is 459 g/mol. The van der Waals surface area contributed by atoms with Crippen molar-refractivity contribution in [2.45, 2.75) is 11.3 Å². The van der Waals surface area contributed by atoms with Crippen molar-refractivity contribution in [3.05, 3.63) is 66.2 Å². The first-order valence-corrected chi connectivity index (χ1v) is 10.3. The highest BCUT2D eigenvalue weighted by Gasteiger charge is 2.30. The molecule has 2 heterocycles. The molecule has 1 N–H and O–H groups in total. The molecule has 0 aliphatic carbocycles. The van der Waals surface area contributed by atoms with Crippen LogP contribution in [0.4, 0.5) is 18.9 Å². The predicted molar refractivity (Wildman–Crippen MR) is 114 cm³/mol. The zero-order chi connectivity index (χ0) is 22.7.